The molecule has 0 aliphatic carbocycles. The molecule has 1 unspecified atom stereocenters. The highest BCUT2D eigenvalue weighted by atomic mass is 16.5. The number of morpholine rings is 1. The van der Waals surface area contributed by atoms with Crippen LogP contribution in [0.25, 0.3) is 0 Å². The molecule has 14 heavy (non-hydrogen) atoms. The zero-order valence-electron chi connectivity index (χ0n) is 9.12. The van der Waals surface area contributed by atoms with Crippen LogP contribution in [-0.2, 0) is 9.53 Å². The van der Waals surface area contributed by atoms with Gasteiger partial charge in [-0.3, -0.25) is 9.69 Å². The van der Waals surface area contributed by atoms with Crippen LogP contribution in [0.15, 0.2) is 0 Å². The van der Waals surface area contributed by atoms with E-state index in [1.807, 2.05) is 6.92 Å². The molecule has 1 fully saturated rings. The Morgan fingerprint density at radius 2 is 2.29 bits per heavy atom. The van der Waals surface area contributed by atoms with Crippen LogP contribution in [0.4, 0.5) is 0 Å². The monoisotopic (exact) mass is 201 g/mol. The predicted molar refractivity (Wildman–Crippen MR) is 53.3 cm³/mol. The summed E-state index contributed by atoms with van der Waals surface area (Å²) in [7, 11) is 0. The molecular weight excluding hydrogens is 182 g/mol. The van der Waals surface area contributed by atoms with Gasteiger partial charge in [0.2, 0.25) is 0 Å². The van der Waals surface area contributed by atoms with Gasteiger partial charge in [-0.05, 0) is 20.8 Å². The Hall–Kier alpha value is -0.610. The second-order valence-corrected chi connectivity index (χ2v) is 4.51. The van der Waals surface area contributed by atoms with Crippen LogP contribution in [0.3, 0.4) is 0 Å². The van der Waals surface area contributed by atoms with Crippen molar-refractivity contribution in [3.05, 3.63) is 0 Å². The summed E-state index contributed by atoms with van der Waals surface area (Å²) in [6.45, 7) is 8.34. The van der Waals surface area contributed by atoms with E-state index >= 15 is 0 Å². The first-order valence-corrected chi connectivity index (χ1v) is 5.00. The topological polar surface area (TPSA) is 49.8 Å². The van der Waals surface area contributed by atoms with Crippen molar-refractivity contribution in [2.45, 2.75) is 38.8 Å². The van der Waals surface area contributed by atoms with Crippen LogP contribution < -0.4 is 0 Å². The number of hydrogen-bond acceptors (Lipinski definition) is 3. The molecule has 0 saturated carbocycles. The summed E-state index contributed by atoms with van der Waals surface area (Å²) in [6.07, 6.45) is 0.198. The fourth-order valence-corrected chi connectivity index (χ4v) is 2.05. The average Bonchev–Trinajstić information content (AvgIpc) is 2.01. The number of rotatable bonds is 3. The number of nitrogens with zero attached hydrogens (tertiary/aromatic N) is 1. The van der Waals surface area contributed by atoms with Gasteiger partial charge in [-0.2, -0.15) is 0 Å². The van der Waals surface area contributed by atoms with Crippen LogP contribution >= 0.6 is 0 Å². The quantitative estimate of drug-likeness (QED) is 0.739. The molecule has 1 saturated heterocycles. The summed E-state index contributed by atoms with van der Waals surface area (Å²) < 4.78 is 5.38. The summed E-state index contributed by atoms with van der Waals surface area (Å²) in [5.41, 5.74) is -0.0485. The minimum absolute atomic E-state index is 0.0485. The molecular formula is C10H19NO3. The summed E-state index contributed by atoms with van der Waals surface area (Å²) in [5.74, 6) is -0.736. The molecule has 1 heterocycles. The first kappa shape index (κ1) is 11.5. The van der Waals surface area contributed by atoms with Gasteiger partial charge in [0.15, 0.2) is 0 Å². The summed E-state index contributed by atoms with van der Waals surface area (Å²) in [6, 6.07) is 0.0754. The van der Waals surface area contributed by atoms with Crippen molar-refractivity contribution in [3.63, 3.8) is 0 Å². The third-order valence-corrected chi connectivity index (χ3v) is 2.71. The zero-order chi connectivity index (χ0) is 10.8. The lowest BCUT2D eigenvalue weighted by atomic mass is 9.99. The van der Waals surface area contributed by atoms with Crippen molar-refractivity contribution in [3.8, 4) is 0 Å². The van der Waals surface area contributed by atoms with E-state index in [1.54, 1.807) is 0 Å². The van der Waals surface area contributed by atoms with Gasteiger partial charge < -0.3 is 9.84 Å². The van der Waals surface area contributed by atoms with Gasteiger partial charge >= 0.3 is 5.97 Å². The highest BCUT2D eigenvalue weighted by Gasteiger charge is 2.34. The molecule has 1 aliphatic heterocycles. The van der Waals surface area contributed by atoms with Crippen molar-refractivity contribution < 1.29 is 14.6 Å². The van der Waals surface area contributed by atoms with Gasteiger partial charge in [0.05, 0.1) is 19.6 Å². The third kappa shape index (κ3) is 2.69. The van der Waals surface area contributed by atoms with E-state index in [2.05, 4.69) is 18.7 Å². The first-order chi connectivity index (χ1) is 6.43. The highest BCUT2D eigenvalue weighted by Crippen LogP contribution is 2.22. The maximum atomic E-state index is 10.6. The van der Waals surface area contributed by atoms with E-state index in [9.17, 15) is 4.79 Å². The lowest BCUT2D eigenvalue weighted by molar-refractivity contribution is -0.140. The Kier molecular flexibility index (Phi) is 3.50. The van der Waals surface area contributed by atoms with Crippen molar-refractivity contribution in [2.24, 2.45) is 0 Å². The highest BCUT2D eigenvalue weighted by molar-refractivity contribution is 5.67. The van der Waals surface area contributed by atoms with Crippen LogP contribution in [0, 0.1) is 0 Å². The number of hydrogen-bond donors (Lipinski definition) is 1. The molecule has 0 aromatic rings. The van der Waals surface area contributed by atoms with Crippen LogP contribution in [0.5, 0.6) is 0 Å². The molecule has 0 radical (unpaired) electrons. The normalized spacial score (nSPS) is 24.5. The predicted octanol–water partition coefficient (Wildman–Crippen LogP) is 0.960. The van der Waals surface area contributed by atoms with Crippen LogP contribution in [-0.4, -0.2) is 47.3 Å². The van der Waals surface area contributed by atoms with E-state index in [1.165, 1.54) is 0 Å². The second kappa shape index (κ2) is 4.28. The van der Waals surface area contributed by atoms with Gasteiger partial charge in [-0.15, -0.1) is 0 Å². The molecule has 4 nitrogen and oxygen atoms in total. The smallest absolute Gasteiger partial charge is 0.304 e. The lowest BCUT2D eigenvalue weighted by Gasteiger charge is -2.45. The molecule has 0 amide bonds. The minimum Gasteiger partial charge on any atom is -0.481 e. The average molecular weight is 201 g/mol. The lowest BCUT2D eigenvalue weighted by Crippen LogP contribution is -2.56. The molecule has 1 aliphatic rings. The molecule has 1 atom stereocenters. The second-order valence-electron chi connectivity index (χ2n) is 4.51. The zero-order valence-corrected chi connectivity index (χ0v) is 9.12. The SMILES string of the molecule is CC(CC(=O)O)N1CCOCC1(C)C. The largest absolute Gasteiger partial charge is 0.481 e. The van der Waals surface area contributed by atoms with E-state index in [4.69, 9.17) is 9.84 Å². The van der Waals surface area contributed by atoms with Gasteiger partial charge in [-0.25, -0.2) is 0 Å². The van der Waals surface area contributed by atoms with Crippen LogP contribution in [0.1, 0.15) is 27.2 Å². The van der Waals surface area contributed by atoms with Crippen molar-refractivity contribution >= 4 is 5.97 Å². The molecule has 1 N–H and O–H groups in total. The standard InChI is InChI=1S/C10H19NO3/c1-8(6-9(12)13)11-4-5-14-7-10(11,2)3/h8H,4-7H2,1-3H3,(H,12,13). The molecule has 0 spiro atoms. The number of aliphatic carboxylic acids is 1. The molecule has 0 aromatic heterocycles. The Morgan fingerprint density at radius 1 is 1.64 bits per heavy atom. The van der Waals surface area contributed by atoms with E-state index in [0.29, 0.717) is 13.2 Å². The van der Waals surface area contributed by atoms with Crippen molar-refractivity contribution in [1.29, 1.82) is 0 Å². The molecule has 1 rings (SSSR count). The molecule has 82 valence electrons. The Morgan fingerprint density at radius 3 is 2.79 bits per heavy atom. The van der Waals surface area contributed by atoms with Gasteiger partial charge in [0.25, 0.3) is 0 Å². The Balaban J connectivity index is 2.59. The Bertz CT molecular complexity index is 215. The number of carboxylic acid groups (broad SMARTS) is 1. The third-order valence-electron chi connectivity index (χ3n) is 2.71. The summed E-state index contributed by atoms with van der Waals surface area (Å²) >= 11 is 0. The van der Waals surface area contributed by atoms with E-state index in [0.717, 1.165) is 6.54 Å². The van der Waals surface area contributed by atoms with Gasteiger partial charge in [0, 0.05) is 18.1 Å². The van der Waals surface area contributed by atoms with Gasteiger partial charge in [-0.1, -0.05) is 0 Å². The van der Waals surface area contributed by atoms with Crippen molar-refractivity contribution in [1.82, 2.24) is 4.90 Å². The van der Waals surface area contributed by atoms with E-state index < -0.39 is 5.97 Å². The van der Waals surface area contributed by atoms with Gasteiger partial charge in [0.1, 0.15) is 0 Å². The maximum absolute atomic E-state index is 10.6. The fourth-order valence-electron chi connectivity index (χ4n) is 2.05. The first-order valence-electron chi connectivity index (χ1n) is 5.00. The number of carbonyl (C=O) groups is 1. The maximum Gasteiger partial charge on any atom is 0.304 e. The molecule has 0 aromatic carbocycles. The molecule has 0 bridgehead atoms. The summed E-state index contributed by atoms with van der Waals surface area (Å²) in [5, 5.41) is 8.73. The number of carboxylic acids is 1. The molecule has 4 heteroatoms. The van der Waals surface area contributed by atoms with Crippen molar-refractivity contribution in [2.75, 3.05) is 19.8 Å². The fraction of sp³-hybridized carbons (Fsp3) is 0.900. The minimum atomic E-state index is -0.736. The number of ether oxygens (including phenoxy) is 1. The van der Waals surface area contributed by atoms with E-state index in [-0.39, 0.29) is 18.0 Å². The Labute approximate surface area is 84.8 Å². The van der Waals surface area contributed by atoms with Crippen LogP contribution in [0.2, 0.25) is 0 Å². The summed E-state index contributed by atoms with van der Waals surface area (Å²) in [4.78, 5) is 12.8.